The second kappa shape index (κ2) is 6.78. The summed E-state index contributed by atoms with van der Waals surface area (Å²) in [5.74, 6) is 0.961. The minimum atomic E-state index is 0.0365. The highest BCUT2D eigenvalue weighted by molar-refractivity contribution is 5.26. The number of aromatic nitrogens is 1. The molecule has 116 valence electrons. The van der Waals surface area contributed by atoms with E-state index in [0.29, 0.717) is 12.1 Å². The molecule has 2 N–H and O–H groups in total. The molecule has 0 aliphatic heterocycles. The lowest BCUT2D eigenvalue weighted by Gasteiger charge is -2.34. The fraction of sp³-hybridized carbons (Fsp3) is 0.722. The molecule has 1 fully saturated rings. The lowest BCUT2D eigenvalue weighted by Crippen LogP contribution is -2.37. The highest BCUT2D eigenvalue weighted by atomic mass is 16.1. The van der Waals surface area contributed by atoms with Gasteiger partial charge in [0.2, 0.25) is 5.56 Å². The molecular weight excluding hydrogens is 260 g/mol. The van der Waals surface area contributed by atoms with Crippen LogP contribution in [0.15, 0.2) is 16.9 Å². The van der Waals surface area contributed by atoms with Crippen LogP contribution in [0, 0.1) is 5.92 Å². The number of aromatic amines is 1. The van der Waals surface area contributed by atoms with E-state index in [1.807, 2.05) is 6.07 Å². The minimum absolute atomic E-state index is 0.0365. The van der Waals surface area contributed by atoms with Crippen molar-refractivity contribution in [3.8, 4) is 0 Å². The summed E-state index contributed by atoms with van der Waals surface area (Å²) in [6, 6.07) is 4.82. The Morgan fingerprint density at radius 2 is 2.00 bits per heavy atom. The summed E-state index contributed by atoms with van der Waals surface area (Å²) in [6.07, 6.45) is 11.5. The first-order valence-electron chi connectivity index (χ1n) is 8.74. The van der Waals surface area contributed by atoms with Crippen molar-refractivity contribution in [2.24, 2.45) is 5.92 Å². The lowest BCUT2D eigenvalue weighted by atomic mass is 9.82. The maximum absolute atomic E-state index is 11.5. The molecule has 1 aromatic rings. The molecular formula is C18H28N2O. The Hall–Kier alpha value is -1.09. The smallest absolute Gasteiger partial charge is 0.248 e. The molecule has 1 unspecified atom stereocenters. The van der Waals surface area contributed by atoms with Crippen LogP contribution in [0.5, 0.6) is 0 Å². The van der Waals surface area contributed by atoms with Gasteiger partial charge in [0.05, 0.1) is 0 Å². The van der Waals surface area contributed by atoms with Crippen LogP contribution in [0.3, 0.4) is 0 Å². The quantitative estimate of drug-likeness (QED) is 0.887. The van der Waals surface area contributed by atoms with Crippen molar-refractivity contribution in [2.45, 2.75) is 76.8 Å². The van der Waals surface area contributed by atoms with Crippen molar-refractivity contribution in [3.05, 3.63) is 33.7 Å². The van der Waals surface area contributed by atoms with E-state index < -0.39 is 0 Å². The van der Waals surface area contributed by atoms with E-state index in [4.69, 9.17) is 0 Å². The number of hydrogen-bond donors (Lipinski definition) is 2. The fourth-order valence-electron chi connectivity index (χ4n) is 4.18. The number of H-pyrrole nitrogens is 1. The molecule has 0 saturated heterocycles. The third-order valence-corrected chi connectivity index (χ3v) is 5.31. The number of aryl methyl sites for hydroxylation is 1. The molecule has 0 bridgehead atoms. The van der Waals surface area contributed by atoms with Crippen LogP contribution in [-0.4, -0.2) is 11.0 Å². The van der Waals surface area contributed by atoms with Crippen LogP contribution in [-0.2, 0) is 6.42 Å². The maximum Gasteiger partial charge on any atom is 0.248 e. The summed E-state index contributed by atoms with van der Waals surface area (Å²) in [5, 5.41) is 3.87. The predicted octanol–water partition coefficient (Wildman–Crippen LogP) is 3.70. The van der Waals surface area contributed by atoms with Gasteiger partial charge in [-0.15, -0.1) is 0 Å². The molecule has 1 saturated carbocycles. The number of rotatable bonds is 4. The summed E-state index contributed by atoms with van der Waals surface area (Å²) in [5.41, 5.74) is 2.52. The molecule has 1 atom stereocenters. The van der Waals surface area contributed by atoms with E-state index in [0.717, 1.165) is 18.0 Å². The highest BCUT2D eigenvalue weighted by Crippen LogP contribution is 2.32. The first kappa shape index (κ1) is 14.8. The average Bonchev–Trinajstić information content (AvgIpc) is 2.49. The Bertz CT molecular complexity index is 514. The molecule has 21 heavy (non-hydrogen) atoms. The zero-order valence-electron chi connectivity index (χ0n) is 13.2. The Kier molecular flexibility index (Phi) is 4.79. The molecule has 1 heterocycles. The maximum atomic E-state index is 11.5. The number of fused-ring (bicyclic) bond motifs is 1. The molecule has 3 nitrogen and oxygen atoms in total. The third kappa shape index (κ3) is 3.57. The Balaban J connectivity index is 1.61. The average molecular weight is 288 g/mol. The topological polar surface area (TPSA) is 44.9 Å². The van der Waals surface area contributed by atoms with Crippen LogP contribution in [0.2, 0.25) is 0 Å². The normalized spacial score (nSPS) is 29.1. The molecule has 3 heteroatoms. The van der Waals surface area contributed by atoms with Crippen LogP contribution >= 0.6 is 0 Å². The van der Waals surface area contributed by atoms with Gasteiger partial charge in [-0.1, -0.05) is 25.8 Å². The molecule has 0 amide bonds. The van der Waals surface area contributed by atoms with Crippen molar-refractivity contribution in [1.82, 2.24) is 10.3 Å². The second-order valence-corrected chi connectivity index (χ2v) is 6.87. The van der Waals surface area contributed by atoms with Gasteiger partial charge in [-0.2, -0.15) is 0 Å². The van der Waals surface area contributed by atoms with E-state index in [1.54, 1.807) is 6.07 Å². The number of nitrogens with one attached hydrogen (secondary N) is 2. The van der Waals surface area contributed by atoms with Crippen LogP contribution in [0.1, 0.15) is 75.6 Å². The standard InChI is InChI=1S/C18H28N2O/c1-2-4-13-7-9-14(10-8-13)19-16-5-3-6-17-15(16)11-12-18(21)20-17/h11-14,16,19H,2-10H2,1H3,(H,20,21). The van der Waals surface area contributed by atoms with Crippen LogP contribution in [0.25, 0.3) is 0 Å². The lowest BCUT2D eigenvalue weighted by molar-refractivity contribution is 0.256. The van der Waals surface area contributed by atoms with Gasteiger partial charge in [0.25, 0.3) is 0 Å². The Morgan fingerprint density at radius 3 is 2.76 bits per heavy atom. The Labute approximate surface area is 127 Å². The molecule has 0 aromatic carbocycles. The highest BCUT2D eigenvalue weighted by Gasteiger charge is 2.26. The van der Waals surface area contributed by atoms with E-state index in [-0.39, 0.29) is 5.56 Å². The summed E-state index contributed by atoms with van der Waals surface area (Å²) >= 11 is 0. The zero-order valence-corrected chi connectivity index (χ0v) is 13.2. The van der Waals surface area contributed by atoms with Gasteiger partial charge < -0.3 is 10.3 Å². The van der Waals surface area contributed by atoms with Crippen molar-refractivity contribution in [2.75, 3.05) is 0 Å². The van der Waals surface area contributed by atoms with E-state index in [1.165, 1.54) is 56.9 Å². The van der Waals surface area contributed by atoms with Gasteiger partial charge in [-0.05, 0) is 56.4 Å². The monoisotopic (exact) mass is 288 g/mol. The van der Waals surface area contributed by atoms with Crippen LogP contribution < -0.4 is 10.9 Å². The summed E-state index contributed by atoms with van der Waals surface area (Å²) in [7, 11) is 0. The number of pyridine rings is 1. The van der Waals surface area contributed by atoms with Gasteiger partial charge in [0.15, 0.2) is 0 Å². The predicted molar refractivity (Wildman–Crippen MR) is 86.5 cm³/mol. The van der Waals surface area contributed by atoms with Gasteiger partial charge in [-0.3, -0.25) is 4.79 Å². The molecule has 1 aromatic heterocycles. The minimum Gasteiger partial charge on any atom is -0.326 e. The van der Waals surface area contributed by atoms with E-state index >= 15 is 0 Å². The molecule has 0 spiro atoms. The molecule has 2 aliphatic rings. The molecule has 2 aliphatic carbocycles. The Morgan fingerprint density at radius 1 is 1.19 bits per heavy atom. The largest absolute Gasteiger partial charge is 0.326 e. The summed E-state index contributed by atoms with van der Waals surface area (Å²) in [4.78, 5) is 14.5. The van der Waals surface area contributed by atoms with Gasteiger partial charge in [-0.25, -0.2) is 0 Å². The SMILES string of the molecule is CCCC1CCC(NC2CCCc3[nH]c(=O)ccc32)CC1. The van der Waals surface area contributed by atoms with Crippen molar-refractivity contribution >= 4 is 0 Å². The second-order valence-electron chi connectivity index (χ2n) is 6.87. The van der Waals surface area contributed by atoms with Gasteiger partial charge in [0.1, 0.15) is 0 Å². The van der Waals surface area contributed by atoms with E-state index in [9.17, 15) is 4.79 Å². The number of hydrogen-bond acceptors (Lipinski definition) is 2. The molecule has 0 radical (unpaired) electrons. The van der Waals surface area contributed by atoms with Crippen molar-refractivity contribution in [1.29, 1.82) is 0 Å². The van der Waals surface area contributed by atoms with Crippen molar-refractivity contribution in [3.63, 3.8) is 0 Å². The van der Waals surface area contributed by atoms with Gasteiger partial charge >= 0.3 is 0 Å². The molecule has 3 rings (SSSR count). The summed E-state index contributed by atoms with van der Waals surface area (Å²) < 4.78 is 0. The van der Waals surface area contributed by atoms with Crippen LogP contribution in [0.4, 0.5) is 0 Å². The fourth-order valence-corrected chi connectivity index (χ4v) is 4.18. The third-order valence-electron chi connectivity index (χ3n) is 5.31. The van der Waals surface area contributed by atoms with Gasteiger partial charge in [0, 0.05) is 23.8 Å². The summed E-state index contributed by atoms with van der Waals surface area (Å²) in [6.45, 7) is 2.30. The zero-order chi connectivity index (χ0) is 14.7. The first-order valence-corrected chi connectivity index (χ1v) is 8.74. The van der Waals surface area contributed by atoms with Crippen molar-refractivity contribution < 1.29 is 0 Å². The first-order chi connectivity index (χ1) is 10.3. The van der Waals surface area contributed by atoms with E-state index in [2.05, 4.69) is 17.2 Å².